The van der Waals surface area contributed by atoms with Crippen molar-refractivity contribution in [3.05, 3.63) is 51.2 Å². The number of amides is 2. The molecule has 110 valence electrons. The summed E-state index contributed by atoms with van der Waals surface area (Å²) >= 11 is 7.41. The van der Waals surface area contributed by atoms with Crippen molar-refractivity contribution < 1.29 is 9.59 Å². The molecule has 0 spiro atoms. The SMILES string of the molecule is Cc1ccc(NC(=O)CCNC(=O)c2cccs2)c(Cl)c1. The fraction of sp³-hybridized carbons (Fsp3) is 0.200. The predicted molar refractivity (Wildman–Crippen MR) is 86.1 cm³/mol. The van der Waals surface area contributed by atoms with Crippen LogP contribution in [0.3, 0.4) is 0 Å². The van der Waals surface area contributed by atoms with Crippen LogP contribution in [0.15, 0.2) is 35.7 Å². The largest absolute Gasteiger partial charge is 0.351 e. The molecule has 0 aliphatic heterocycles. The van der Waals surface area contributed by atoms with Crippen molar-refractivity contribution in [3.63, 3.8) is 0 Å². The molecule has 0 aliphatic carbocycles. The van der Waals surface area contributed by atoms with Gasteiger partial charge in [-0.15, -0.1) is 11.3 Å². The van der Waals surface area contributed by atoms with Crippen LogP contribution in [0.4, 0.5) is 5.69 Å². The molecule has 0 radical (unpaired) electrons. The average molecular weight is 323 g/mol. The van der Waals surface area contributed by atoms with Gasteiger partial charge in [0.25, 0.3) is 5.91 Å². The van der Waals surface area contributed by atoms with Crippen LogP contribution in [0.25, 0.3) is 0 Å². The first-order valence-electron chi connectivity index (χ1n) is 6.44. The summed E-state index contributed by atoms with van der Waals surface area (Å²) < 4.78 is 0. The van der Waals surface area contributed by atoms with Crippen LogP contribution in [-0.4, -0.2) is 18.4 Å². The van der Waals surface area contributed by atoms with Gasteiger partial charge in [0.05, 0.1) is 15.6 Å². The van der Waals surface area contributed by atoms with E-state index in [9.17, 15) is 9.59 Å². The first kappa shape index (κ1) is 15.5. The number of hydrogen-bond donors (Lipinski definition) is 2. The molecular weight excluding hydrogens is 308 g/mol. The van der Waals surface area contributed by atoms with E-state index < -0.39 is 0 Å². The van der Waals surface area contributed by atoms with Crippen molar-refractivity contribution in [1.29, 1.82) is 0 Å². The summed E-state index contributed by atoms with van der Waals surface area (Å²) in [5, 5.41) is 7.77. The Labute approximate surface area is 132 Å². The summed E-state index contributed by atoms with van der Waals surface area (Å²) in [5.41, 5.74) is 1.61. The second-order valence-corrected chi connectivity index (χ2v) is 5.87. The third kappa shape index (κ3) is 4.58. The van der Waals surface area contributed by atoms with Crippen molar-refractivity contribution >= 4 is 40.4 Å². The highest BCUT2D eigenvalue weighted by Gasteiger charge is 2.08. The minimum absolute atomic E-state index is 0.161. The molecule has 0 saturated carbocycles. The van der Waals surface area contributed by atoms with Gasteiger partial charge in [0.15, 0.2) is 0 Å². The van der Waals surface area contributed by atoms with E-state index in [1.807, 2.05) is 24.4 Å². The van der Waals surface area contributed by atoms with Gasteiger partial charge in [-0.05, 0) is 36.1 Å². The zero-order valence-electron chi connectivity index (χ0n) is 11.5. The molecule has 1 aromatic heterocycles. The number of aryl methyl sites for hydroxylation is 1. The van der Waals surface area contributed by atoms with Crippen LogP contribution in [0, 0.1) is 6.92 Å². The maximum atomic E-state index is 11.8. The summed E-state index contributed by atoms with van der Waals surface area (Å²) in [6.45, 7) is 2.21. The maximum absolute atomic E-state index is 11.8. The van der Waals surface area contributed by atoms with Crippen molar-refractivity contribution in [2.75, 3.05) is 11.9 Å². The Morgan fingerprint density at radius 2 is 2.10 bits per heavy atom. The van der Waals surface area contributed by atoms with Crippen molar-refractivity contribution in [2.45, 2.75) is 13.3 Å². The molecule has 2 N–H and O–H groups in total. The normalized spacial score (nSPS) is 10.2. The predicted octanol–water partition coefficient (Wildman–Crippen LogP) is 3.47. The molecule has 4 nitrogen and oxygen atoms in total. The summed E-state index contributed by atoms with van der Waals surface area (Å²) in [4.78, 5) is 24.1. The van der Waals surface area contributed by atoms with Gasteiger partial charge in [-0.3, -0.25) is 9.59 Å². The number of carbonyl (C=O) groups is 2. The molecule has 6 heteroatoms. The van der Waals surface area contributed by atoms with Crippen LogP contribution in [0.2, 0.25) is 5.02 Å². The second kappa shape index (κ2) is 7.24. The quantitative estimate of drug-likeness (QED) is 0.885. The first-order chi connectivity index (χ1) is 10.1. The minimum Gasteiger partial charge on any atom is -0.351 e. The van der Waals surface area contributed by atoms with Gasteiger partial charge >= 0.3 is 0 Å². The van der Waals surface area contributed by atoms with Gasteiger partial charge in [0, 0.05) is 13.0 Å². The van der Waals surface area contributed by atoms with E-state index >= 15 is 0 Å². The topological polar surface area (TPSA) is 58.2 Å². The fourth-order valence-corrected chi connectivity index (χ4v) is 2.64. The van der Waals surface area contributed by atoms with Crippen LogP contribution in [0.1, 0.15) is 21.7 Å². The van der Waals surface area contributed by atoms with Crippen LogP contribution >= 0.6 is 22.9 Å². The number of anilines is 1. The van der Waals surface area contributed by atoms with Crippen molar-refractivity contribution in [2.24, 2.45) is 0 Å². The third-order valence-electron chi connectivity index (χ3n) is 2.78. The van der Waals surface area contributed by atoms with E-state index in [0.29, 0.717) is 15.6 Å². The molecule has 2 aromatic rings. The molecule has 2 amide bonds. The lowest BCUT2D eigenvalue weighted by atomic mass is 10.2. The van der Waals surface area contributed by atoms with E-state index in [2.05, 4.69) is 10.6 Å². The molecule has 0 unspecified atom stereocenters. The molecule has 0 bridgehead atoms. The van der Waals surface area contributed by atoms with E-state index in [0.717, 1.165) is 5.56 Å². The molecule has 21 heavy (non-hydrogen) atoms. The number of benzene rings is 1. The van der Waals surface area contributed by atoms with E-state index in [4.69, 9.17) is 11.6 Å². The number of hydrogen-bond acceptors (Lipinski definition) is 3. The fourth-order valence-electron chi connectivity index (χ4n) is 1.72. The second-order valence-electron chi connectivity index (χ2n) is 4.51. The highest BCUT2D eigenvalue weighted by molar-refractivity contribution is 7.12. The Morgan fingerprint density at radius 3 is 2.76 bits per heavy atom. The summed E-state index contributed by atoms with van der Waals surface area (Å²) in [7, 11) is 0. The van der Waals surface area contributed by atoms with Crippen LogP contribution in [0.5, 0.6) is 0 Å². The molecule has 0 saturated heterocycles. The van der Waals surface area contributed by atoms with Crippen molar-refractivity contribution in [3.8, 4) is 0 Å². The van der Waals surface area contributed by atoms with Crippen LogP contribution in [-0.2, 0) is 4.79 Å². The molecular formula is C15H15ClN2O2S. The summed E-state index contributed by atoms with van der Waals surface area (Å²) in [5.74, 6) is -0.349. The molecule has 0 aliphatic rings. The van der Waals surface area contributed by atoms with Gasteiger partial charge in [-0.25, -0.2) is 0 Å². The van der Waals surface area contributed by atoms with Crippen molar-refractivity contribution in [1.82, 2.24) is 5.32 Å². The van der Waals surface area contributed by atoms with E-state index in [1.54, 1.807) is 18.2 Å². The van der Waals surface area contributed by atoms with Gasteiger partial charge in [0.2, 0.25) is 5.91 Å². The molecule has 1 aromatic carbocycles. The molecule has 0 atom stereocenters. The zero-order valence-corrected chi connectivity index (χ0v) is 13.1. The number of thiophene rings is 1. The van der Waals surface area contributed by atoms with Crippen LogP contribution < -0.4 is 10.6 Å². The van der Waals surface area contributed by atoms with E-state index in [1.165, 1.54) is 11.3 Å². The smallest absolute Gasteiger partial charge is 0.261 e. The lowest BCUT2D eigenvalue weighted by molar-refractivity contribution is -0.116. The Hall–Kier alpha value is -1.85. The highest BCUT2D eigenvalue weighted by Crippen LogP contribution is 2.22. The van der Waals surface area contributed by atoms with E-state index in [-0.39, 0.29) is 24.8 Å². The molecule has 1 heterocycles. The molecule has 2 rings (SSSR count). The van der Waals surface area contributed by atoms with Gasteiger partial charge < -0.3 is 10.6 Å². The lowest BCUT2D eigenvalue weighted by Gasteiger charge is -2.08. The lowest BCUT2D eigenvalue weighted by Crippen LogP contribution is -2.27. The number of nitrogens with one attached hydrogen (secondary N) is 2. The van der Waals surface area contributed by atoms with Gasteiger partial charge in [0.1, 0.15) is 0 Å². The summed E-state index contributed by atoms with van der Waals surface area (Å²) in [6.07, 6.45) is 0.196. The third-order valence-corrected chi connectivity index (χ3v) is 3.96. The summed E-state index contributed by atoms with van der Waals surface area (Å²) in [6, 6.07) is 8.98. The Bertz CT molecular complexity index is 641. The zero-order chi connectivity index (χ0) is 15.2. The number of halogens is 1. The minimum atomic E-state index is -0.188. The number of rotatable bonds is 5. The Balaban J connectivity index is 1.78. The Morgan fingerprint density at radius 1 is 1.29 bits per heavy atom. The Kier molecular flexibility index (Phi) is 5.36. The average Bonchev–Trinajstić information content (AvgIpc) is 2.96. The van der Waals surface area contributed by atoms with Gasteiger partial charge in [-0.2, -0.15) is 0 Å². The highest BCUT2D eigenvalue weighted by atomic mass is 35.5. The maximum Gasteiger partial charge on any atom is 0.261 e. The number of carbonyl (C=O) groups excluding carboxylic acids is 2. The molecule has 0 fully saturated rings. The van der Waals surface area contributed by atoms with Gasteiger partial charge in [-0.1, -0.05) is 23.7 Å². The monoisotopic (exact) mass is 322 g/mol. The standard InChI is InChI=1S/C15H15ClN2O2S/c1-10-4-5-12(11(16)9-10)18-14(19)6-7-17-15(20)13-3-2-8-21-13/h2-5,8-9H,6-7H2,1H3,(H,17,20)(H,18,19). The first-order valence-corrected chi connectivity index (χ1v) is 7.70.